The number of carbonyl (C=O) groups excluding carboxylic acids is 1. The van der Waals surface area contributed by atoms with E-state index in [0.717, 1.165) is 16.1 Å². The Morgan fingerprint density at radius 3 is 2.26 bits per heavy atom. The van der Waals surface area contributed by atoms with E-state index in [0.29, 0.717) is 18.7 Å². The average Bonchev–Trinajstić information content (AvgIpc) is 2.41. The van der Waals surface area contributed by atoms with Crippen molar-refractivity contribution in [1.29, 1.82) is 0 Å². The first-order chi connectivity index (χ1) is 9.18. The first-order valence-electron chi connectivity index (χ1n) is 6.00. The molecule has 1 amide bonds. The Morgan fingerprint density at radius 2 is 1.58 bits per heavy atom. The Hall–Kier alpha value is -1.84. The lowest BCUT2D eigenvalue weighted by atomic mass is 10.1. The fourth-order valence-corrected chi connectivity index (χ4v) is 2.09. The van der Waals surface area contributed by atoms with Gasteiger partial charge in [-0.05, 0) is 23.3 Å². The number of halogens is 1. The molecule has 98 valence electrons. The van der Waals surface area contributed by atoms with Crippen LogP contribution in [0.5, 0.6) is 0 Å². The van der Waals surface area contributed by atoms with Crippen LogP contribution in [-0.2, 0) is 13.1 Å². The summed E-state index contributed by atoms with van der Waals surface area (Å²) in [6, 6.07) is 15.0. The summed E-state index contributed by atoms with van der Waals surface area (Å²) in [5.74, 6) is -0.407. The normalized spacial score (nSPS) is 10.4. The molecule has 2 aromatic rings. The average molecular weight is 275 g/mol. The number of nitrogens with one attached hydrogen (secondary N) is 1. The van der Waals surface area contributed by atoms with Gasteiger partial charge in [0.1, 0.15) is 0 Å². The van der Waals surface area contributed by atoms with Crippen molar-refractivity contribution in [2.45, 2.75) is 13.1 Å². The number of rotatable bonds is 5. The van der Waals surface area contributed by atoms with Crippen molar-refractivity contribution >= 4 is 17.5 Å². The fourth-order valence-electron chi connectivity index (χ4n) is 1.89. The minimum atomic E-state index is -0.407. The van der Waals surface area contributed by atoms with E-state index in [1.807, 2.05) is 36.4 Å². The van der Waals surface area contributed by atoms with Crippen molar-refractivity contribution < 1.29 is 4.79 Å². The lowest BCUT2D eigenvalue weighted by Crippen LogP contribution is -2.18. The molecule has 0 saturated heterocycles. The van der Waals surface area contributed by atoms with Gasteiger partial charge in [0.05, 0.1) is 0 Å². The summed E-state index contributed by atoms with van der Waals surface area (Å²) < 4.78 is 0. The quantitative estimate of drug-likeness (QED) is 0.881. The molecule has 0 saturated carbocycles. The largest absolute Gasteiger partial charge is 0.366 e. The second-order valence-corrected chi connectivity index (χ2v) is 4.62. The molecule has 0 fully saturated rings. The van der Waals surface area contributed by atoms with Crippen LogP contribution < -0.4 is 11.1 Å². The zero-order valence-corrected chi connectivity index (χ0v) is 11.2. The molecule has 0 atom stereocenters. The van der Waals surface area contributed by atoms with E-state index >= 15 is 0 Å². The zero-order valence-electron chi connectivity index (χ0n) is 10.4. The van der Waals surface area contributed by atoms with Gasteiger partial charge in [-0.1, -0.05) is 48.0 Å². The molecule has 3 N–H and O–H groups in total. The van der Waals surface area contributed by atoms with Crippen LogP contribution >= 0.6 is 11.6 Å². The Bertz CT molecular complexity index is 584. The van der Waals surface area contributed by atoms with E-state index in [-0.39, 0.29) is 0 Å². The summed E-state index contributed by atoms with van der Waals surface area (Å²) in [6.07, 6.45) is 0. The van der Waals surface area contributed by atoms with Crippen LogP contribution in [0.1, 0.15) is 21.5 Å². The summed E-state index contributed by atoms with van der Waals surface area (Å²) in [5, 5.41) is 4.00. The van der Waals surface area contributed by atoms with E-state index in [2.05, 4.69) is 5.32 Å². The molecule has 2 aromatic carbocycles. The molecule has 0 bridgehead atoms. The van der Waals surface area contributed by atoms with Gasteiger partial charge in [-0.3, -0.25) is 4.79 Å². The van der Waals surface area contributed by atoms with Crippen LogP contribution in [0.25, 0.3) is 0 Å². The Balaban J connectivity index is 2.00. The fraction of sp³-hybridized carbons (Fsp3) is 0.133. The van der Waals surface area contributed by atoms with Crippen LogP contribution in [-0.4, -0.2) is 5.91 Å². The van der Waals surface area contributed by atoms with Crippen LogP contribution in [0, 0.1) is 0 Å². The molecule has 4 heteroatoms. The molecule has 0 aliphatic carbocycles. The number of primary amides is 1. The first-order valence-corrected chi connectivity index (χ1v) is 6.38. The van der Waals surface area contributed by atoms with Gasteiger partial charge >= 0.3 is 0 Å². The maximum Gasteiger partial charge on any atom is 0.249 e. The van der Waals surface area contributed by atoms with Crippen molar-refractivity contribution in [3.8, 4) is 0 Å². The highest BCUT2D eigenvalue weighted by atomic mass is 35.5. The summed E-state index contributed by atoms with van der Waals surface area (Å²) in [4.78, 5) is 11.3. The number of hydrogen-bond donors (Lipinski definition) is 2. The summed E-state index contributed by atoms with van der Waals surface area (Å²) in [7, 11) is 0. The minimum absolute atomic E-state index is 0.407. The van der Waals surface area contributed by atoms with Crippen molar-refractivity contribution in [2.75, 3.05) is 0 Å². The van der Waals surface area contributed by atoms with E-state index in [4.69, 9.17) is 17.3 Å². The van der Waals surface area contributed by atoms with Crippen molar-refractivity contribution in [1.82, 2.24) is 5.32 Å². The molecule has 0 aromatic heterocycles. The van der Waals surface area contributed by atoms with Crippen molar-refractivity contribution in [2.24, 2.45) is 5.73 Å². The lowest BCUT2D eigenvalue weighted by molar-refractivity contribution is 0.0999. The molecule has 2 rings (SSSR count). The highest BCUT2D eigenvalue weighted by Gasteiger charge is 2.06. The smallest absolute Gasteiger partial charge is 0.249 e. The third kappa shape index (κ3) is 3.56. The van der Waals surface area contributed by atoms with Gasteiger partial charge in [-0.2, -0.15) is 0 Å². The van der Waals surface area contributed by atoms with Crippen molar-refractivity contribution in [3.05, 3.63) is 70.2 Å². The van der Waals surface area contributed by atoms with Crippen LogP contribution in [0.3, 0.4) is 0 Å². The number of amides is 1. The van der Waals surface area contributed by atoms with Crippen LogP contribution in [0.15, 0.2) is 48.5 Å². The first kappa shape index (κ1) is 13.6. The number of hydrogen-bond acceptors (Lipinski definition) is 2. The van der Waals surface area contributed by atoms with Crippen LogP contribution in [0.4, 0.5) is 0 Å². The number of benzene rings is 2. The highest BCUT2D eigenvalue weighted by Crippen LogP contribution is 2.15. The predicted molar refractivity (Wildman–Crippen MR) is 77.0 cm³/mol. The Morgan fingerprint density at radius 1 is 1.00 bits per heavy atom. The number of carbonyl (C=O) groups is 1. The third-order valence-corrected chi connectivity index (χ3v) is 3.24. The number of nitrogens with two attached hydrogens (primary N) is 1. The van der Waals surface area contributed by atoms with E-state index < -0.39 is 5.91 Å². The van der Waals surface area contributed by atoms with Gasteiger partial charge in [-0.15, -0.1) is 0 Å². The molecule has 0 radical (unpaired) electrons. The molecule has 0 aliphatic heterocycles. The topological polar surface area (TPSA) is 55.1 Å². The third-order valence-electron chi connectivity index (χ3n) is 2.87. The maximum absolute atomic E-state index is 11.3. The second kappa shape index (κ2) is 6.36. The molecule has 0 spiro atoms. The monoisotopic (exact) mass is 274 g/mol. The zero-order chi connectivity index (χ0) is 13.7. The molecule has 0 heterocycles. The SMILES string of the molecule is NC(=O)c1ccccc1CNCc1ccccc1Cl. The van der Waals surface area contributed by atoms with Crippen molar-refractivity contribution in [3.63, 3.8) is 0 Å². The van der Waals surface area contributed by atoms with E-state index in [1.54, 1.807) is 12.1 Å². The minimum Gasteiger partial charge on any atom is -0.366 e. The molecule has 0 aliphatic rings. The standard InChI is InChI=1S/C15H15ClN2O/c16-14-8-4-2-6-12(14)10-18-9-11-5-1-3-7-13(11)15(17)19/h1-8,18H,9-10H2,(H2,17,19). The van der Waals surface area contributed by atoms with Gasteiger partial charge in [0.15, 0.2) is 0 Å². The highest BCUT2D eigenvalue weighted by molar-refractivity contribution is 6.31. The summed E-state index contributed by atoms with van der Waals surface area (Å²) in [6.45, 7) is 1.22. The Kier molecular flexibility index (Phi) is 4.55. The summed E-state index contributed by atoms with van der Waals surface area (Å²) >= 11 is 6.07. The van der Waals surface area contributed by atoms with Gasteiger partial charge in [-0.25, -0.2) is 0 Å². The molecule has 3 nitrogen and oxygen atoms in total. The van der Waals surface area contributed by atoms with Gasteiger partial charge in [0.25, 0.3) is 0 Å². The molecular weight excluding hydrogens is 260 g/mol. The lowest BCUT2D eigenvalue weighted by Gasteiger charge is -2.09. The summed E-state index contributed by atoms with van der Waals surface area (Å²) in [5.41, 5.74) is 7.80. The van der Waals surface area contributed by atoms with Gasteiger partial charge in [0.2, 0.25) is 5.91 Å². The maximum atomic E-state index is 11.3. The van der Waals surface area contributed by atoms with E-state index in [1.165, 1.54) is 0 Å². The molecule has 19 heavy (non-hydrogen) atoms. The Labute approximate surface area is 117 Å². The van der Waals surface area contributed by atoms with Crippen LogP contribution in [0.2, 0.25) is 5.02 Å². The molecule has 0 unspecified atom stereocenters. The van der Waals surface area contributed by atoms with Gasteiger partial charge < -0.3 is 11.1 Å². The molecular formula is C15H15ClN2O. The second-order valence-electron chi connectivity index (χ2n) is 4.22. The van der Waals surface area contributed by atoms with E-state index in [9.17, 15) is 4.79 Å². The van der Waals surface area contributed by atoms with Gasteiger partial charge in [0, 0.05) is 23.7 Å². The predicted octanol–water partition coefficient (Wildman–Crippen LogP) is 2.73.